The van der Waals surface area contributed by atoms with E-state index in [2.05, 4.69) is 10.3 Å². The van der Waals surface area contributed by atoms with Gasteiger partial charge in [0.05, 0.1) is 29.9 Å². The summed E-state index contributed by atoms with van der Waals surface area (Å²) in [7, 11) is 1.58. The molecule has 3 aromatic rings. The molecule has 0 spiro atoms. The average Bonchev–Trinajstić information content (AvgIpc) is 3.39. The number of ether oxygens (including phenoxy) is 1. The van der Waals surface area contributed by atoms with Crippen molar-refractivity contribution in [1.29, 1.82) is 0 Å². The van der Waals surface area contributed by atoms with Crippen molar-refractivity contribution >= 4 is 61.5 Å². The summed E-state index contributed by atoms with van der Waals surface area (Å²) < 4.78 is 6.72. The van der Waals surface area contributed by atoms with E-state index in [-0.39, 0.29) is 17.2 Å². The van der Waals surface area contributed by atoms with Crippen LogP contribution in [0.2, 0.25) is 0 Å². The summed E-state index contributed by atoms with van der Waals surface area (Å²) in [6.07, 6.45) is 2.71. The summed E-state index contributed by atoms with van der Waals surface area (Å²) in [4.78, 5) is 45.3. The Bertz CT molecular complexity index is 1270. The average molecular weight is 493 g/mol. The molecule has 1 aliphatic rings. The number of hydrogen-bond donors (Lipinski definition) is 2. The van der Waals surface area contributed by atoms with Gasteiger partial charge in [0.2, 0.25) is 5.91 Å². The number of amides is 2. The number of aromatic nitrogens is 2. The van der Waals surface area contributed by atoms with Gasteiger partial charge in [-0.15, -0.1) is 22.7 Å². The lowest BCUT2D eigenvalue weighted by molar-refractivity contribution is -0.113. The van der Waals surface area contributed by atoms with Crippen molar-refractivity contribution in [2.75, 3.05) is 24.8 Å². The first-order chi connectivity index (χ1) is 15.3. The fourth-order valence-electron chi connectivity index (χ4n) is 3.84. The number of aryl methyl sites for hydroxylation is 3. The second-order valence-electron chi connectivity index (χ2n) is 7.57. The van der Waals surface area contributed by atoms with Crippen molar-refractivity contribution in [1.82, 2.24) is 9.55 Å². The quantitative estimate of drug-likeness (QED) is 0.369. The number of fused-ring (bicyclic) bond motifs is 2. The normalized spacial score (nSPS) is 13.0. The van der Waals surface area contributed by atoms with Crippen LogP contribution in [0.25, 0.3) is 10.2 Å². The molecule has 0 aromatic carbocycles. The van der Waals surface area contributed by atoms with E-state index in [0.717, 1.165) is 40.1 Å². The second kappa shape index (κ2) is 9.34. The van der Waals surface area contributed by atoms with Gasteiger partial charge in [-0.05, 0) is 44.2 Å². The molecule has 0 fully saturated rings. The Hall–Kier alpha value is -2.21. The Morgan fingerprint density at radius 2 is 2.06 bits per heavy atom. The third-order valence-electron chi connectivity index (χ3n) is 5.53. The molecule has 8 nitrogen and oxygen atoms in total. The molecule has 0 aliphatic heterocycles. The van der Waals surface area contributed by atoms with Gasteiger partial charge in [-0.2, -0.15) is 0 Å². The van der Waals surface area contributed by atoms with Crippen molar-refractivity contribution in [3.05, 3.63) is 36.8 Å². The van der Waals surface area contributed by atoms with Crippen LogP contribution in [0.5, 0.6) is 0 Å². The monoisotopic (exact) mass is 492 g/mol. The third kappa shape index (κ3) is 4.21. The Morgan fingerprint density at radius 3 is 2.78 bits per heavy atom. The highest BCUT2D eigenvalue weighted by Crippen LogP contribution is 2.39. The number of hydrogen-bond acceptors (Lipinski definition) is 8. The van der Waals surface area contributed by atoms with Crippen LogP contribution in [0.4, 0.5) is 5.00 Å². The highest BCUT2D eigenvalue weighted by atomic mass is 32.2. The Labute approximate surface area is 197 Å². The maximum absolute atomic E-state index is 13.1. The first-order valence-corrected chi connectivity index (χ1v) is 12.8. The van der Waals surface area contributed by atoms with E-state index in [1.165, 1.54) is 34.4 Å². The van der Waals surface area contributed by atoms with Gasteiger partial charge in [0, 0.05) is 16.9 Å². The van der Waals surface area contributed by atoms with Gasteiger partial charge < -0.3 is 15.8 Å². The lowest BCUT2D eigenvalue weighted by Crippen LogP contribution is -2.26. The van der Waals surface area contributed by atoms with E-state index >= 15 is 0 Å². The molecule has 170 valence electrons. The molecule has 4 rings (SSSR count). The molecule has 0 bridgehead atoms. The zero-order valence-corrected chi connectivity index (χ0v) is 20.5. The molecule has 0 saturated heterocycles. The highest BCUT2D eigenvalue weighted by Gasteiger charge is 2.26. The fraction of sp³-hybridized carbons (Fsp3) is 0.429. The number of nitrogens with two attached hydrogens (primary N) is 1. The molecule has 11 heteroatoms. The molecular weight excluding hydrogens is 468 g/mol. The number of nitrogens with one attached hydrogen (secondary N) is 1. The molecule has 0 saturated carbocycles. The molecule has 0 radical (unpaired) electrons. The first kappa shape index (κ1) is 23.0. The SMILES string of the molecule is COCCn1c(SCC(=O)Nc2sc3c(c2C(N)=O)CCC3)nc2sc(C)c(C)c2c1=O. The van der Waals surface area contributed by atoms with E-state index in [4.69, 9.17) is 10.5 Å². The lowest BCUT2D eigenvalue weighted by atomic mass is 10.1. The number of carbonyl (C=O) groups is 2. The number of rotatable bonds is 8. The molecular formula is C21H24N4O4S3. The molecule has 2 amide bonds. The summed E-state index contributed by atoms with van der Waals surface area (Å²) in [6.45, 7) is 4.60. The van der Waals surface area contributed by atoms with Gasteiger partial charge in [0.15, 0.2) is 5.16 Å². The van der Waals surface area contributed by atoms with Crippen molar-refractivity contribution in [2.24, 2.45) is 5.73 Å². The van der Waals surface area contributed by atoms with Crippen LogP contribution in [0.3, 0.4) is 0 Å². The fourth-order valence-corrected chi connectivity index (χ4v) is 7.05. The minimum absolute atomic E-state index is 0.0506. The summed E-state index contributed by atoms with van der Waals surface area (Å²) in [5.41, 5.74) is 7.79. The van der Waals surface area contributed by atoms with Gasteiger partial charge in [-0.1, -0.05) is 11.8 Å². The highest BCUT2D eigenvalue weighted by molar-refractivity contribution is 7.99. The summed E-state index contributed by atoms with van der Waals surface area (Å²) in [5.74, 6) is -0.741. The van der Waals surface area contributed by atoms with Gasteiger partial charge in [-0.25, -0.2) is 4.98 Å². The van der Waals surface area contributed by atoms with Crippen LogP contribution in [0.1, 0.15) is 37.7 Å². The number of nitrogens with zero attached hydrogens (tertiary/aromatic N) is 2. The van der Waals surface area contributed by atoms with E-state index in [1.54, 1.807) is 11.7 Å². The number of anilines is 1. The van der Waals surface area contributed by atoms with E-state index in [1.807, 2.05) is 13.8 Å². The van der Waals surface area contributed by atoms with Crippen molar-refractivity contribution < 1.29 is 14.3 Å². The van der Waals surface area contributed by atoms with E-state index < -0.39 is 5.91 Å². The molecule has 3 N–H and O–H groups in total. The maximum atomic E-state index is 13.1. The van der Waals surface area contributed by atoms with Crippen molar-refractivity contribution in [3.8, 4) is 0 Å². The molecule has 3 heterocycles. The summed E-state index contributed by atoms with van der Waals surface area (Å²) in [6, 6.07) is 0. The van der Waals surface area contributed by atoms with Crippen molar-refractivity contribution in [2.45, 2.75) is 44.8 Å². The third-order valence-corrected chi connectivity index (χ3v) is 8.81. The van der Waals surface area contributed by atoms with E-state index in [0.29, 0.717) is 39.1 Å². The van der Waals surface area contributed by atoms with Crippen LogP contribution in [0.15, 0.2) is 9.95 Å². The van der Waals surface area contributed by atoms with Crippen LogP contribution < -0.4 is 16.6 Å². The predicted octanol–water partition coefficient (Wildman–Crippen LogP) is 3.10. The largest absolute Gasteiger partial charge is 0.383 e. The van der Waals surface area contributed by atoms with Crippen LogP contribution in [0, 0.1) is 13.8 Å². The standard InChI is InChI=1S/C21H24N4O4S3/c1-10-11(2)31-18-15(10)20(28)25(7-8-29-3)21(24-18)30-9-14(26)23-19-16(17(22)27)12-5-4-6-13(12)32-19/h4-9H2,1-3H3,(H2,22,27)(H,23,26). The number of methoxy groups -OCH3 is 1. The summed E-state index contributed by atoms with van der Waals surface area (Å²) in [5, 5.41) is 4.45. The van der Waals surface area contributed by atoms with Gasteiger partial charge in [0.25, 0.3) is 11.5 Å². The summed E-state index contributed by atoms with van der Waals surface area (Å²) >= 11 is 4.09. The van der Waals surface area contributed by atoms with Crippen molar-refractivity contribution in [3.63, 3.8) is 0 Å². The van der Waals surface area contributed by atoms with Crippen LogP contribution in [-0.2, 0) is 28.9 Å². The molecule has 0 unspecified atom stereocenters. The Balaban J connectivity index is 1.57. The number of primary amides is 1. The minimum Gasteiger partial charge on any atom is -0.383 e. The second-order valence-corrected chi connectivity index (χ2v) is 10.8. The maximum Gasteiger partial charge on any atom is 0.263 e. The Morgan fingerprint density at radius 1 is 1.28 bits per heavy atom. The Kier molecular flexibility index (Phi) is 6.70. The van der Waals surface area contributed by atoms with Gasteiger partial charge in [-0.3, -0.25) is 19.0 Å². The topological polar surface area (TPSA) is 116 Å². The van der Waals surface area contributed by atoms with Crippen LogP contribution in [-0.4, -0.2) is 40.8 Å². The smallest absolute Gasteiger partial charge is 0.263 e. The van der Waals surface area contributed by atoms with Gasteiger partial charge in [0.1, 0.15) is 9.83 Å². The number of thiophene rings is 2. The predicted molar refractivity (Wildman–Crippen MR) is 129 cm³/mol. The van der Waals surface area contributed by atoms with E-state index in [9.17, 15) is 14.4 Å². The first-order valence-electron chi connectivity index (χ1n) is 10.2. The zero-order chi connectivity index (χ0) is 23.0. The molecule has 3 aromatic heterocycles. The zero-order valence-electron chi connectivity index (χ0n) is 18.1. The molecule has 1 aliphatic carbocycles. The van der Waals surface area contributed by atoms with Gasteiger partial charge >= 0.3 is 0 Å². The minimum atomic E-state index is -0.517. The number of carbonyl (C=O) groups excluding carboxylic acids is 2. The number of thioether (sulfide) groups is 1. The lowest BCUT2D eigenvalue weighted by Gasteiger charge is -2.12. The van der Waals surface area contributed by atoms with Crippen LogP contribution >= 0.6 is 34.4 Å². The molecule has 0 atom stereocenters. The molecule has 32 heavy (non-hydrogen) atoms.